The van der Waals surface area contributed by atoms with Gasteiger partial charge in [0.25, 0.3) is 5.91 Å². The van der Waals surface area contributed by atoms with Crippen LogP contribution in [0.1, 0.15) is 35.0 Å². The summed E-state index contributed by atoms with van der Waals surface area (Å²) in [7, 11) is 1.46. The second-order valence-corrected chi connectivity index (χ2v) is 12.3. The summed E-state index contributed by atoms with van der Waals surface area (Å²) in [4.78, 5) is 55.0. The summed E-state index contributed by atoms with van der Waals surface area (Å²) in [5, 5.41) is 27.0. The van der Waals surface area contributed by atoms with Crippen LogP contribution in [0.15, 0.2) is 54.7 Å². The number of nitrogens with one attached hydrogen (secondary N) is 3. The Hall–Kier alpha value is -4.63. The Morgan fingerprint density at radius 1 is 1.10 bits per heavy atom. The van der Waals surface area contributed by atoms with E-state index in [1.54, 1.807) is 39.7 Å². The van der Waals surface area contributed by atoms with Gasteiger partial charge in [-0.05, 0) is 36.9 Å². The molecule has 2 aliphatic rings. The summed E-state index contributed by atoms with van der Waals surface area (Å²) in [6.45, 7) is 2.69. The normalized spacial score (nSPS) is 19.0. The summed E-state index contributed by atoms with van der Waals surface area (Å²) in [6, 6.07) is 11.4. The number of hydrogen-bond donors (Lipinski definition) is 4. The Labute approximate surface area is 283 Å². The summed E-state index contributed by atoms with van der Waals surface area (Å²) >= 11 is 1.57. The molecule has 0 unspecified atom stereocenters. The zero-order valence-corrected chi connectivity index (χ0v) is 28.2. The lowest BCUT2D eigenvalue weighted by Gasteiger charge is -2.26. The maximum absolute atomic E-state index is 13.6. The number of carbonyl (C=O) groups excluding carboxylic acids is 4. The number of aliphatic hydroxyl groups is 1. The minimum atomic E-state index is -1.32. The van der Waals surface area contributed by atoms with Gasteiger partial charge in [-0.1, -0.05) is 35.5 Å². The van der Waals surface area contributed by atoms with Crippen LogP contribution >= 0.6 is 11.8 Å². The highest BCUT2D eigenvalue weighted by Crippen LogP contribution is 2.28. The van der Waals surface area contributed by atoms with E-state index in [0.717, 1.165) is 5.56 Å². The molecule has 258 valence electrons. The fourth-order valence-corrected chi connectivity index (χ4v) is 5.46. The molecule has 4 N–H and O–H groups in total. The van der Waals surface area contributed by atoms with Crippen LogP contribution in [-0.2, 0) is 33.8 Å². The van der Waals surface area contributed by atoms with Crippen molar-refractivity contribution < 1.29 is 33.8 Å². The van der Waals surface area contributed by atoms with Gasteiger partial charge < -0.3 is 35.4 Å². The number of fused-ring (bicyclic) bond motifs is 16. The van der Waals surface area contributed by atoms with Crippen molar-refractivity contribution in [1.29, 1.82) is 0 Å². The van der Waals surface area contributed by atoms with Gasteiger partial charge in [0.1, 0.15) is 18.7 Å². The predicted molar refractivity (Wildman–Crippen MR) is 180 cm³/mol. The van der Waals surface area contributed by atoms with E-state index in [1.165, 1.54) is 20.1 Å². The lowest BCUT2D eigenvalue weighted by molar-refractivity contribution is -0.133. The second-order valence-electron chi connectivity index (χ2n) is 11.3. The molecule has 2 aromatic carbocycles. The van der Waals surface area contributed by atoms with Crippen LogP contribution in [0.5, 0.6) is 11.5 Å². The van der Waals surface area contributed by atoms with Crippen molar-refractivity contribution in [2.45, 2.75) is 50.9 Å². The molecule has 0 fully saturated rings. The van der Waals surface area contributed by atoms with E-state index in [2.05, 4.69) is 26.3 Å². The number of ether oxygens (including phenoxy) is 2. The quantitative estimate of drug-likeness (QED) is 0.261. The van der Waals surface area contributed by atoms with Crippen LogP contribution in [0.3, 0.4) is 0 Å². The molecule has 0 aliphatic carbocycles. The number of aliphatic hydroxyl groups excluding tert-OH is 1. The first-order chi connectivity index (χ1) is 23.2. The van der Waals surface area contributed by atoms with Gasteiger partial charge >= 0.3 is 0 Å². The number of carbonyl (C=O) groups is 4. The van der Waals surface area contributed by atoms with Gasteiger partial charge in [-0.2, -0.15) is 11.8 Å². The molecule has 3 heterocycles. The van der Waals surface area contributed by atoms with Gasteiger partial charge in [-0.25, -0.2) is 4.68 Å². The van der Waals surface area contributed by atoms with Crippen LogP contribution in [0.25, 0.3) is 0 Å². The van der Waals surface area contributed by atoms with E-state index in [4.69, 9.17) is 9.47 Å². The molecule has 1 aromatic heterocycles. The van der Waals surface area contributed by atoms with Crippen LogP contribution in [0, 0.1) is 0 Å². The smallest absolute Gasteiger partial charge is 0.252 e. The molecule has 2 aliphatic heterocycles. The molecule has 4 bridgehead atoms. The molecule has 3 aromatic rings. The van der Waals surface area contributed by atoms with Crippen molar-refractivity contribution in [3.8, 4) is 11.5 Å². The average Bonchev–Trinajstić information content (AvgIpc) is 3.54. The predicted octanol–water partition coefficient (Wildman–Crippen LogP) is 0.826. The van der Waals surface area contributed by atoms with Gasteiger partial charge in [-0.15, -0.1) is 5.10 Å². The molecule has 4 amide bonds. The van der Waals surface area contributed by atoms with E-state index in [1.807, 2.05) is 36.6 Å². The zero-order valence-electron chi connectivity index (χ0n) is 27.4. The van der Waals surface area contributed by atoms with Gasteiger partial charge in [0.2, 0.25) is 17.7 Å². The van der Waals surface area contributed by atoms with Crippen LogP contribution in [-0.4, -0.2) is 112 Å². The van der Waals surface area contributed by atoms with Gasteiger partial charge in [0.15, 0.2) is 11.5 Å². The van der Waals surface area contributed by atoms with E-state index >= 15 is 0 Å². The summed E-state index contributed by atoms with van der Waals surface area (Å²) in [5.41, 5.74) is 1.70. The lowest BCUT2D eigenvalue weighted by atomic mass is 10.0. The molecule has 5 rings (SSSR count). The summed E-state index contributed by atoms with van der Waals surface area (Å²) in [6.07, 6.45) is 3.38. The summed E-state index contributed by atoms with van der Waals surface area (Å²) in [5.74, 6) is -0.500. The first-order valence-corrected chi connectivity index (χ1v) is 17.1. The van der Waals surface area contributed by atoms with E-state index in [9.17, 15) is 24.3 Å². The number of hydrogen-bond acceptors (Lipinski definition) is 10. The molecule has 0 radical (unpaired) electrons. The average molecular weight is 682 g/mol. The van der Waals surface area contributed by atoms with Gasteiger partial charge in [0, 0.05) is 56.4 Å². The topological polar surface area (TPSA) is 177 Å². The Balaban J connectivity index is 1.62. The molecular formula is C33H43N7O7S. The number of thioether (sulfide) groups is 1. The molecule has 15 heteroatoms. The molecule has 14 nitrogen and oxygen atoms in total. The first kappa shape index (κ1) is 36.2. The number of amides is 4. The zero-order chi connectivity index (χ0) is 34.5. The molecule has 48 heavy (non-hydrogen) atoms. The third-order valence-electron chi connectivity index (χ3n) is 7.75. The van der Waals surface area contributed by atoms with Gasteiger partial charge in [0.05, 0.1) is 25.5 Å². The second kappa shape index (κ2) is 18.1. The van der Waals surface area contributed by atoms with E-state index in [-0.39, 0.29) is 37.6 Å². The SMILES string of the molecule is COc1cc2ccc1OCCn1cc(nn1)CCN(C(=O)CCSC)CCNC(=O)[C@H]([C@@H](C)O)NC(=O)[C@@H](Cc1ccccc1)NC2=O. The van der Waals surface area contributed by atoms with Crippen molar-refractivity contribution in [2.75, 3.05) is 45.4 Å². The highest BCUT2D eigenvalue weighted by Gasteiger charge is 2.30. The fraction of sp³-hybridized carbons (Fsp3) is 0.455. The van der Waals surface area contributed by atoms with E-state index < -0.39 is 35.9 Å². The number of methoxy groups -OCH3 is 1. The third kappa shape index (κ3) is 10.4. The standard InChI is InChI=1S/C33H43N7O7S/c1-22(41)30-33(45)34-13-15-39(29(42)12-18-48-3)14-11-25-21-40(38-37-25)16-17-47-27-10-9-24(20-28(27)46-2)31(43)35-26(32(44)36-30)19-23-7-5-4-6-8-23/h4-10,20-22,26,30,41H,11-19H2,1-3H3,(H,34,45)(H,35,43)(H,36,44)/t22-,26-,30+/m1/s1. The Kier molecular flexibility index (Phi) is 13.6. The van der Waals surface area contributed by atoms with Crippen molar-refractivity contribution >= 4 is 35.4 Å². The minimum absolute atomic E-state index is 0.0652. The minimum Gasteiger partial charge on any atom is -0.493 e. The van der Waals surface area contributed by atoms with Crippen molar-refractivity contribution in [3.05, 3.63) is 71.5 Å². The van der Waals surface area contributed by atoms with Gasteiger partial charge in [-0.3, -0.25) is 19.2 Å². The maximum atomic E-state index is 13.6. The summed E-state index contributed by atoms with van der Waals surface area (Å²) < 4.78 is 13.1. The number of aromatic nitrogens is 3. The highest BCUT2D eigenvalue weighted by atomic mass is 32.2. The molecule has 0 saturated carbocycles. The fourth-order valence-electron chi connectivity index (χ4n) is 5.08. The van der Waals surface area contributed by atoms with Crippen LogP contribution in [0.4, 0.5) is 0 Å². The Morgan fingerprint density at radius 3 is 2.62 bits per heavy atom. The molecule has 0 spiro atoms. The lowest BCUT2D eigenvalue weighted by Crippen LogP contribution is -2.58. The highest BCUT2D eigenvalue weighted by molar-refractivity contribution is 7.98. The largest absolute Gasteiger partial charge is 0.493 e. The van der Waals surface area contributed by atoms with Crippen molar-refractivity contribution in [1.82, 2.24) is 35.8 Å². The Bertz CT molecular complexity index is 1540. The van der Waals surface area contributed by atoms with E-state index in [0.29, 0.717) is 48.9 Å². The number of benzene rings is 2. The Morgan fingerprint density at radius 2 is 1.90 bits per heavy atom. The van der Waals surface area contributed by atoms with Crippen LogP contribution in [0.2, 0.25) is 0 Å². The molecule has 0 saturated heterocycles. The van der Waals surface area contributed by atoms with Crippen molar-refractivity contribution in [3.63, 3.8) is 0 Å². The molecular weight excluding hydrogens is 638 g/mol. The van der Waals surface area contributed by atoms with Crippen molar-refractivity contribution in [2.24, 2.45) is 0 Å². The van der Waals surface area contributed by atoms with Crippen LogP contribution < -0.4 is 25.4 Å². The number of nitrogens with zero attached hydrogens (tertiary/aromatic N) is 4. The first-order valence-electron chi connectivity index (χ1n) is 15.8. The number of rotatable bonds is 7. The third-order valence-corrected chi connectivity index (χ3v) is 8.36. The monoisotopic (exact) mass is 681 g/mol. The molecule has 3 atom stereocenters. The maximum Gasteiger partial charge on any atom is 0.252 e.